The highest BCUT2D eigenvalue weighted by molar-refractivity contribution is 5.00. The molecule has 1 nitrogen and oxygen atoms in total. The van der Waals surface area contributed by atoms with Crippen molar-refractivity contribution in [1.29, 1.82) is 0 Å². The molecule has 0 bridgehead atoms. The maximum absolute atomic E-state index is 6.16. The summed E-state index contributed by atoms with van der Waals surface area (Å²) in [5.74, 6) is 0. The summed E-state index contributed by atoms with van der Waals surface area (Å²) in [7, 11) is 0. The van der Waals surface area contributed by atoms with E-state index in [1.165, 1.54) is 31.3 Å². The van der Waals surface area contributed by atoms with Gasteiger partial charge in [0.2, 0.25) is 0 Å². The summed E-state index contributed by atoms with van der Waals surface area (Å²) in [6, 6.07) is 0. The van der Waals surface area contributed by atoms with E-state index in [0.29, 0.717) is 16.2 Å². The molecule has 0 aromatic heterocycles. The first-order chi connectivity index (χ1) is 12.1. The van der Waals surface area contributed by atoms with Gasteiger partial charge in [0.25, 0.3) is 0 Å². The molecule has 0 fully saturated rings. The van der Waals surface area contributed by atoms with Crippen molar-refractivity contribution in [1.82, 2.24) is 0 Å². The minimum atomic E-state index is -0.0717. The van der Waals surface area contributed by atoms with E-state index >= 15 is 0 Å². The van der Waals surface area contributed by atoms with Crippen LogP contribution in [0.15, 0.2) is 17.9 Å². The van der Waals surface area contributed by atoms with Crippen LogP contribution < -0.4 is 0 Å². The van der Waals surface area contributed by atoms with Crippen molar-refractivity contribution in [3.8, 4) is 0 Å². The van der Waals surface area contributed by atoms with Gasteiger partial charge in [-0.2, -0.15) is 0 Å². The van der Waals surface area contributed by atoms with Crippen LogP contribution in [-0.4, -0.2) is 12.2 Å². The zero-order valence-corrected chi connectivity index (χ0v) is 20.5. The molecular weight excluding hydrogens is 328 g/mol. The SMILES string of the molecule is C=C=C(CCCC(C)(C)CC(C)(C)CC)CCC(C)(C)OCCC(C)(C)C. The van der Waals surface area contributed by atoms with Gasteiger partial charge in [0.05, 0.1) is 5.60 Å². The Hall–Kier alpha value is -0.520. The van der Waals surface area contributed by atoms with Crippen molar-refractivity contribution in [2.45, 2.75) is 126 Å². The molecule has 0 saturated carbocycles. The minimum absolute atomic E-state index is 0.0717. The number of hydrogen-bond donors (Lipinski definition) is 0. The highest BCUT2D eigenvalue weighted by atomic mass is 16.5. The molecule has 0 aliphatic heterocycles. The van der Waals surface area contributed by atoms with Crippen LogP contribution in [0.25, 0.3) is 0 Å². The van der Waals surface area contributed by atoms with Gasteiger partial charge in [0, 0.05) is 6.61 Å². The van der Waals surface area contributed by atoms with Crippen LogP contribution in [0.3, 0.4) is 0 Å². The van der Waals surface area contributed by atoms with Crippen LogP contribution >= 0.6 is 0 Å². The second-order valence-corrected chi connectivity index (χ2v) is 11.9. The van der Waals surface area contributed by atoms with Crippen LogP contribution in [0.2, 0.25) is 0 Å². The van der Waals surface area contributed by atoms with Crippen molar-refractivity contribution >= 4 is 0 Å². The summed E-state index contributed by atoms with van der Waals surface area (Å²) in [5.41, 5.74) is 5.69. The van der Waals surface area contributed by atoms with E-state index in [4.69, 9.17) is 4.74 Å². The Morgan fingerprint density at radius 3 is 1.89 bits per heavy atom. The van der Waals surface area contributed by atoms with Gasteiger partial charge in [0.1, 0.15) is 0 Å². The van der Waals surface area contributed by atoms with E-state index in [1.54, 1.807) is 0 Å². The third kappa shape index (κ3) is 14.2. The molecule has 0 heterocycles. The fourth-order valence-electron chi connectivity index (χ4n) is 3.75. The van der Waals surface area contributed by atoms with Crippen molar-refractivity contribution in [2.24, 2.45) is 16.2 Å². The minimum Gasteiger partial charge on any atom is -0.376 e. The lowest BCUT2D eigenvalue weighted by Crippen LogP contribution is -2.26. The van der Waals surface area contributed by atoms with E-state index in [1.807, 2.05) is 0 Å². The lowest BCUT2D eigenvalue weighted by molar-refractivity contribution is -0.0328. The van der Waals surface area contributed by atoms with E-state index in [0.717, 1.165) is 32.3 Å². The molecule has 0 saturated heterocycles. The van der Waals surface area contributed by atoms with Gasteiger partial charge in [-0.1, -0.05) is 68.4 Å². The molecule has 0 aliphatic carbocycles. The fraction of sp³-hybridized carbons (Fsp3) is 0.885. The third-order valence-corrected chi connectivity index (χ3v) is 5.87. The van der Waals surface area contributed by atoms with Crippen LogP contribution in [0.4, 0.5) is 0 Å². The normalized spacial score (nSPS) is 13.6. The fourth-order valence-corrected chi connectivity index (χ4v) is 3.75. The van der Waals surface area contributed by atoms with Crippen molar-refractivity contribution in [3.63, 3.8) is 0 Å². The molecule has 1 heteroatoms. The second kappa shape index (κ2) is 10.9. The Morgan fingerprint density at radius 1 is 0.815 bits per heavy atom. The van der Waals surface area contributed by atoms with E-state index in [2.05, 4.69) is 81.5 Å². The number of ether oxygens (including phenoxy) is 1. The molecule has 0 rings (SSSR count). The van der Waals surface area contributed by atoms with Gasteiger partial charge in [-0.25, -0.2) is 0 Å². The average Bonchev–Trinajstić information content (AvgIpc) is 2.48. The first kappa shape index (κ1) is 26.5. The highest BCUT2D eigenvalue weighted by Gasteiger charge is 2.27. The molecule has 0 aromatic carbocycles. The molecule has 0 atom stereocenters. The molecule has 0 aromatic rings. The van der Waals surface area contributed by atoms with Crippen LogP contribution in [0.1, 0.15) is 121 Å². The van der Waals surface area contributed by atoms with Crippen LogP contribution in [-0.2, 0) is 4.74 Å². The Morgan fingerprint density at radius 2 is 1.41 bits per heavy atom. The van der Waals surface area contributed by atoms with Gasteiger partial charge in [-0.3, -0.25) is 0 Å². The number of rotatable bonds is 13. The molecule has 0 radical (unpaired) electrons. The largest absolute Gasteiger partial charge is 0.376 e. The van der Waals surface area contributed by atoms with Gasteiger partial charge in [-0.05, 0) is 80.6 Å². The van der Waals surface area contributed by atoms with E-state index in [-0.39, 0.29) is 5.60 Å². The highest BCUT2D eigenvalue weighted by Crippen LogP contribution is 2.39. The number of allylic oxidation sites excluding steroid dienone is 1. The molecule has 27 heavy (non-hydrogen) atoms. The Labute approximate surface area is 172 Å². The smallest absolute Gasteiger partial charge is 0.0629 e. The second-order valence-electron chi connectivity index (χ2n) is 11.9. The van der Waals surface area contributed by atoms with Crippen LogP contribution in [0, 0.1) is 16.2 Å². The van der Waals surface area contributed by atoms with Crippen molar-refractivity contribution < 1.29 is 4.74 Å². The van der Waals surface area contributed by atoms with E-state index in [9.17, 15) is 0 Å². The van der Waals surface area contributed by atoms with E-state index < -0.39 is 0 Å². The lowest BCUT2D eigenvalue weighted by atomic mass is 9.71. The summed E-state index contributed by atoms with van der Waals surface area (Å²) < 4.78 is 6.16. The summed E-state index contributed by atoms with van der Waals surface area (Å²) in [6.07, 6.45) is 9.36. The van der Waals surface area contributed by atoms with Gasteiger partial charge in [0.15, 0.2) is 0 Å². The summed E-state index contributed by atoms with van der Waals surface area (Å²) in [4.78, 5) is 0. The molecule has 0 aliphatic rings. The molecule has 0 N–H and O–H groups in total. The molecule has 160 valence electrons. The first-order valence-corrected chi connectivity index (χ1v) is 11.1. The molecule has 0 spiro atoms. The van der Waals surface area contributed by atoms with Crippen LogP contribution in [0.5, 0.6) is 0 Å². The Balaban J connectivity index is 4.34. The zero-order chi connectivity index (χ0) is 21.4. The first-order valence-electron chi connectivity index (χ1n) is 11.1. The Kier molecular flexibility index (Phi) is 10.7. The lowest BCUT2D eigenvalue weighted by Gasteiger charge is -2.34. The predicted molar refractivity (Wildman–Crippen MR) is 122 cm³/mol. The summed E-state index contributed by atoms with van der Waals surface area (Å²) in [6.45, 7) is 28.0. The van der Waals surface area contributed by atoms with Crippen molar-refractivity contribution in [2.75, 3.05) is 6.61 Å². The summed E-state index contributed by atoms with van der Waals surface area (Å²) >= 11 is 0. The molecular formula is C26H50O. The summed E-state index contributed by atoms with van der Waals surface area (Å²) in [5, 5.41) is 0. The van der Waals surface area contributed by atoms with Crippen molar-refractivity contribution in [3.05, 3.63) is 17.9 Å². The predicted octanol–water partition coefficient (Wildman–Crippen LogP) is 8.73. The quantitative estimate of drug-likeness (QED) is 0.291. The average molecular weight is 379 g/mol. The monoisotopic (exact) mass is 378 g/mol. The Bertz CT molecular complexity index is 467. The standard InChI is InChI=1S/C26H50O/c1-12-22(15-14-17-25(8,9)21-24(6,7)13-2)16-18-26(10,11)27-20-19-23(3,4)5/h1,13-21H2,2-11H3. The van der Waals surface area contributed by atoms with Gasteiger partial charge < -0.3 is 4.74 Å². The number of hydrogen-bond acceptors (Lipinski definition) is 1. The topological polar surface area (TPSA) is 9.23 Å². The zero-order valence-electron chi connectivity index (χ0n) is 20.5. The maximum atomic E-state index is 6.16. The van der Waals surface area contributed by atoms with Gasteiger partial charge in [-0.15, -0.1) is 5.73 Å². The molecule has 0 amide bonds. The van der Waals surface area contributed by atoms with Gasteiger partial charge >= 0.3 is 0 Å². The maximum Gasteiger partial charge on any atom is 0.0629 e. The third-order valence-electron chi connectivity index (χ3n) is 5.87. The molecule has 0 unspecified atom stereocenters.